The van der Waals surface area contributed by atoms with E-state index in [2.05, 4.69) is 9.62 Å². The topological polar surface area (TPSA) is 111 Å². The number of hydrogen-bond donors (Lipinski definition) is 1. The summed E-state index contributed by atoms with van der Waals surface area (Å²) in [6.45, 7) is 1.41. The number of ether oxygens (including phenoxy) is 2. The minimum Gasteiger partial charge on any atom is -0.497 e. The highest BCUT2D eigenvalue weighted by atomic mass is 32.2. The minimum absolute atomic E-state index is 0.0534. The summed E-state index contributed by atoms with van der Waals surface area (Å²) in [5, 5.41) is 10.9. The molecular weight excluding hydrogens is 398 g/mol. The van der Waals surface area contributed by atoms with Gasteiger partial charge < -0.3 is 14.4 Å². The standard InChI is InChI=1S/C19H23N3O6S/c1-27-17-6-3-15(4-7-17)21-11-9-14(10-12-21)20-29(25,26)19-8-5-16(22(23)24)13-18(19)28-2/h3-8,13-14,20H,9-12H2,1-2H3. The van der Waals surface area contributed by atoms with Gasteiger partial charge in [-0.3, -0.25) is 10.1 Å². The van der Waals surface area contributed by atoms with Crippen molar-refractivity contribution in [1.29, 1.82) is 0 Å². The molecule has 0 aromatic heterocycles. The van der Waals surface area contributed by atoms with Crippen molar-refractivity contribution in [2.75, 3.05) is 32.2 Å². The predicted octanol–water partition coefficient (Wildman–Crippen LogP) is 2.56. The van der Waals surface area contributed by atoms with E-state index in [1.54, 1.807) is 7.11 Å². The summed E-state index contributed by atoms with van der Waals surface area (Å²) in [6.07, 6.45) is 1.28. The first-order valence-electron chi connectivity index (χ1n) is 9.08. The number of nitro groups is 1. The van der Waals surface area contributed by atoms with Crippen LogP contribution in [-0.2, 0) is 10.0 Å². The average Bonchev–Trinajstić information content (AvgIpc) is 2.73. The van der Waals surface area contributed by atoms with Crippen LogP contribution in [0.1, 0.15) is 12.8 Å². The van der Waals surface area contributed by atoms with E-state index in [-0.39, 0.29) is 22.4 Å². The van der Waals surface area contributed by atoms with Gasteiger partial charge >= 0.3 is 0 Å². The Hall–Kier alpha value is -2.85. The summed E-state index contributed by atoms with van der Waals surface area (Å²) in [5.74, 6) is 0.732. The smallest absolute Gasteiger partial charge is 0.273 e. The SMILES string of the molecule is COc1ccc(N2CCC(NS(=O)(=O)c3ccc([N+](=O)[O-])cc3OC)CC2)cc1. The lowest BCUT2D eigenvalue weighted by Crippen LogP contribution is -2.44. The van der Waals surface area contributed by atoms with E-state index in [9.17, 15) is 18.5 Å². The third kappa shape index (κ3) is 4.77. The molecule has 1 saturated heterocycles. The molecule has 0 aliphatic carbocycles. The van der Waals surface area contributed by atoms with Gasteiger partial charge in [-0.1, -0.05) is 0 Å². The number of hydrogen-bond acceptors (Lipinski definition) is 7. The summed E-state index contributed by atoms with van der Waals surface area (Å²) >= 11 is 0. The molecule has 2 aromatic rings. The van der Waals surface area contributed by atoms with E-state index in [4.69, 9.17) is 9.47 Å². The Kier molecular flexibility index (Phi) is 6.23. The van der Waals surface area contributed by atoms with Gasteiger partial charge in [-0.25, -0.2) is 13.1 Å². The van der Waals surface area contributed by atoms with Gasteiger partial charge in [0.1, 0.15) is 16.4 Å². The maximum atomic E-state index is 12.8. The molecule has 0 saturated carbocycles. The van der Waals surface area contributed by atoms with Gasteiger partial charge in [0.2, 0.25) is 10.0 Å². The quantitative estimate of drug-likeness (QED) is 0.540. The zero-order valence-electron chi connectivity index (χ0n) is 16.2. The van der Waals surface area contributed by atoms with E-state index in [1.807, 2.05) is 24.3 Å². The summed E-state index contributed by atoms with van der Waals surface area (Å²) in [6, 6.07) is 11.0. The van der Waals surface area contributed by atoms with Gasteiger partial charge in [0, 0.05) is 30.9 Å². The molecule has 29 heavy (non-hydrogen) atoms. The number of methoxy groups -OCH3 is 2. The van der Waals surface area contributed by atoms with Crippen LogP contribution in [0, 0.1) is 10.1 Å². The molecule has 0 atom stereocenters. The Balaban J connectivity index is 1.67. The fourth-order valence-corrected chi connectivity index (χ4v) is 4.78. The van der Waals surface area contributed by atoms with Gasteiger partial charge in [-0.2, -0.15) is 0 Å². The molecule has 3 rings (SSSR count). The molecule has 0 unspecified atom stereocenters. The second-order valence-electron chi connectivity index (χ2n) is 6.67. The lowest BCUT2D eigenvalue weighted by molar-refractivity contribution is -0.385. The van der Waals surface area contributed by atoms with E-state index < -0.39 is 14.9 Å². The van der Waals surface area contributed by atoms with Crippen LogP contribution in [0.25, 0.3) is 0 Å². The highest BCUT2D eigenvalue weighted by molar-refractivity contribution is 7.89. The third-order valence-corrected chi connectivity index (χ3v) is 6.46. The van der Waals surface area contributed by atoms with Crippen LogP contribution in [0.2, 0.25) is 0 Å². The number of piperidine rings is 1. The van der Waals surface area contributed by atoms with E-state index in [0.29, 0.717) is 25.9 Å². The van der Waals surface area contributed by atoms with Crippen LogP contribution in [0.3, 0.4) is 0 Å². The van der Waals surface area contributed by atoms with Crippen molar-refractivity contribution in [3.63, 3.8) is 0 Å². The normalized spacial score (nSPS) is 15.2. The molecular formula is C19H23N3O6S. The van der Waals surface area contributed by atoms with Crippen molar-refractivity contribution in [3.8, 4) is 11.5 Å². The summed E-state index contributed by atoms with van der Waals surface area (Å²) in [7, 11) is -0.968. The number of sulfonamides is 1. The van der Waals surface area contributed by atoms with Crippen molar-refractivity contribution in [1.82, 2.24) is 4.72 Å². The van der Waals surface area contributed by atoms with Crippen molar-refractivity contribution >= 4 is 21.4 Å². The first kappa shape index (κ1) is 20.9. The van der Waals surface area contributed by atoms with Crippen molar-refractivity contribution in [2.45, 2.75) is 23.8 Å². The molecule has 9 nitrogen and oxygen atoms in total. The van der Waals surface area contributed by atoms with Gasteiger partial charge in [-0.15, -0.1) is 0 Å². The van der Waals surface area contributed by atoms with Crippen molar-refractivity contribution in [2.24, 2.45) is 0 Å². The highest BCUT2D eigenvalue weighted by Gasteiger charge is 2.28. The summed E-state index contributed by atoms with van der Waals surface area (Å²) < 4.78 is 38.5. The number of rotatable bonds is 7. The number of anilines is 1. The Morgan fingerprint density at radius 2 is 1.72 bits per heavy atom. The number of non-ortho nitro benzene ring substituents is 1. The zero-order valence-corrected chi connectivity index (χ0v) is 17.0. The van der Waals surface area contributed by atoms with Crippen LogP contribution in [-0.4, -0.2) is 46.7 Å². The molecule has 10 heteroatoms. The van der Waals surface area contributed by atoms with Gasteiger partial charge in [0.05, 0.1) is 25.2 Å². The lowest BCUT2D eigenvalue weighted by Gasteiger charge is -2.34. The molecule has 0 bridgehead atoms. The predicted molar refractivity (Wildman–Crippen MR) is 108 cm³/mol. The molecule has 1 aliphatic heterocycles. The number of nitro benzene ring substituents is 1. The first-order chi connectivity index (χ1) is 13.8. The highest BCUT2D eigenvalue weighted by Crippen LogP contribution is 2.29. The second kappa shape index (κ2) is 8.66. The van der Waals surface area contributed by atoms with Crippen LogP contribution >= 0.6 is 0 Å². The number of nitrogens with zero attached hydrogens (tertiary/aromatic N) is 2. The lowest BCUT2D eigenvalue weighted by atomic mass is 10.1. The van der Waals surface area contributed by atoms with E-state index in [1.165, 1.54) is 13.2 Å². The number of nitrogens with one attached hydrogen (secondary N) is 1. The van der Waals surface area contributed by atoms with Crippen molar-refractivity contribution in [3.05, 3.63) is 52.6 Å². The molecule has 1 aliphatic rings. The Bertz CT molecular complexity index is 970. The molecule has 0 spiro atoms. The average molecular weight is 421 g/mol. The van der Waals surface area contributed by atoms with Gasteiger partial charge in [0.25, 0.3) is 5.69 Å². The summed E-state index contributed by atoms with van der Waals surface area (Å²) in [4.78, 5) is 12.4. The molecule has 1 fully saturated rings. The number of benzene rings is 2. The van der Waals surface area contributed by atoms with E-state index in [0.717, 1.165) is 23.6 Å². The molecule has 1 heterocycles. The fourth-order valence-electron chi connectivity index (χ4n) is 3.32. The zero-order chi connectivity index (χ0) is 21.0. The van der Waals surface area contributed by atoms with Crippen LogP contribution in [0.4, 0.5) is 11.4 Å². The fraction of sp³-hybridized carbons (Fsp3) is 0.368. The summed E-state index contributed by atoms with van der Waals surface area (Å²) in [5.41, 5.74) is 0.831. The Morgan fingerprint density at radius 1 is 1.07 bits per heavy atom. The molecule has 0 radical (unpaired) electrons. The van der Waals surface area contributed by atoms with E-state index >= 15 is 0 Å². The molecule has 0 amide bonds. The molecule has 2 aromatic carbocycles. The Morgan fingerprint density at radius 3 is 2.28 bits per heavy atom. The van der Waals surface area contributed by atoms with Crippen LogP contribution in [0.15, 0.2) is 47.4 Å². The van der Waals surface area contributed by atoms with Gasteiger partial charge in [0.15, 0.2) is 0 Å². The van der Waals surface area contributed by atoms with Crippen LogP contribution in [0.5, 0.6) is 11.5 Å². The van der Waals surface area contributed by atoms with Crippen LogP contribution < -0.4 is 19.1 Å². The van der Waals surface area contributed by atoms with Crippen molar-refractivity contribution < 1.29 is 22.8 Å². The third-order valence-electron chi connectivity index (χ3n) is 4.90. The molecule has 156 valence electrons. The minimum atomic E-state index is -3.87. The van der Waals surface area contributed by atoms with Gasteiger partial charge in [-0.05, 0) is 43.2 Å². The second-order valence-corrected chi connectivity index (χ2v) is 8.36. The molecule has 1 N–H and O–H groups in total. The monoisotopic (exact) mass is 421 g/mol. The Labute approximate surface area is 169 Å². The largest absolute Gasteiger partial charge is 0.497 e. The maximum Gasteiger partial charge on any atom is 0.273 e. The maximum absolute atomic E-state index is 12.8. The first-order valence-corrected chi connectivity index (χ1v) is 10.6.